The Bertz CT molecular complexity index is 887. The van der Waals surface area contributed by atoms with Crippen LogP contribution in [0, 0.1) is 6.92 Å². The predicted octanol–water partition coefficient (Wildman–Crippen LogP) is 1.69. The number of carbonyl (C=O) groups is 2. The van der Waals surface area contributed by atoms with E-state index in [4.69, 9.17) is 9.47 Å². The van der Waals surface area contributed by atoms with Crippen LogP contribution in [-0.2, 0) is 16.1 Å². The van der Waals surface area contributed by atoms with E-state index in [0.717, 1.165) is 17.7 Å². The van der Waals surface area contributed by atoms with Crippen LogP contribution in [0.15, 0.2) is 30.5 Å². The van der Waals surface area contributed by atoms with Crippen molar-refractivity contribution in [3.8, 4) is 5.75 Å². The quantitative estimate of drug-likeness (QED) is 0.763. The summed E-state index contributed by atoms with van der Waals surface area (Å²) in [6, 6.07) is 7.54. The van der Waals surface area contributed by atoms with Gasteiger partial charge in [-0.1, -0.05) is 12.1 Å². The molecule has 2 amide bonds. The van der Waals surface area contributed by atoms with Crippen LogP contribution >= 0.6 is 0 Å². The summed E-state index contributed by atoms with van der Waals surface area (Å²) in [5.74, 6) is 1.23. The highest BCUT2D eigenvalue weighted by Crippen LogP contribution is 2.25. The third-order valence-corrected chi connectivity index (χ3v) is 5.00. The Kier molecular flexibility index (Phi) is 6.77. The number of likely N-dealkylation sites (tertiary alicyclic amines) is 1. The molecule has 154 valence electrons. The van der Waals surface area contributed by atoms with E-state index in [1.807, 2.05) is 24.3 Å². The van der Waals surface area contributed by atoms with Crippen molar-refractivity contribution in [3.63, 3.8) is 0 Å². The summed E-state index contributed by atoms with van der Waals surface area (Å²) >= 11 is 0. The maximum Gasteiger partial charge on any atom is 0.254 e. The van der Waals surface area contributed by atoms with Gasteiger partial charge in [0.2, 0.25) is 5.91 Å². The minimum Gasteiger partial charge on any atom is -0.497 e. The van der Waals surface area contributed by atoms with Gasteiger partial charge < -0.3 is 19.7 Å². The molecule has 0 spiro atoms. The summed E-state index contributed by atoms with van der Waals surface area (Å²) in [5, 5.41) is 2.89. The first kappa shape index (κ1) is 20.7. The van der Waals surface area contributed by atoms with E-state index in [9.17, 15) is 9.59 Å². The average molecular weight is 398 g/mol. The number of ether oxygens (including phenoxy) is 2. The zero-order valence-corrected chi connectivity index (χ0v) is 17.0. The number of aryl methyl sites for hydroxylation is 1. The lowest BCUT2D eigenvalue weighted by atomic mass is 10.1. The Balaban J connectivity index is 1.61. The molecule has 1 saturated heterocycles. The average Bonchev–Trinajstić information content (AvgIpc) is 3.23. The summed E-state index contributed by atoms with van der Waals surface area (Å²) in [6.45, 7) is 3.50. The molecule has 2 heterocycles. The van der Waals surface area contributed by atoms with Gasteiger partial charge in [-0.15, -0.1) is 0 Å². The van der Waals surface area contributed by atoms with E-state index in [1.54, 1.807) is 25.1 Å². The standard InChI is InChI=1S/C21H26N4O4/c1-14-18(21(27)23-10-15-5-4-6-17(9-15)29-3)11-22-20(24-14)16-7-8-25(12-16)19(26)13-28-2/h4-6,9,11,16H,7-8,10,12-13H2,1-3H3,(H,23,27)/t16-/m0/s1. The van der Waals surface area contributed by atoms with Gasteiger partial charge in [0.1, 0.15) is 18.2 Å². The van der Waals surface area contributed by atoms with Crippen molar-refractivity contribution in [1.82, 2.24) is 20.2 Å². The molecule has 1 aliphatic heterocycles. The lowest BCUT2D eigenvalue weighted by molar-refractivity contribution is -0.134. The van der Waals surface area contributed by atoms with Gasteiger partial charge in [0.05, 0.1) is 18.4 Å². The van der Waals surface area contributed by atoms with Gasteiger partial charge in [0.15, 0.2) is 0 Å². The van der Waals surface area contributed by atoms with Crippen LogP contribution in [0.2, 0.25) is 0 Å². The molecule has 0 bridgehead atoms. The zero-order valence-electron chi connectivity index (χ0n) is 17.0. The molecule has 0 saturated carbocycles. The number of methoxy groups -OCH3 is 2. The first-order valence-electron chi connectivity index (χ1n) is 9.53. The zero-order chi connectivity index (χ0) is 20.8. The molecule has 0 aliphatic carbocycles. The fourth-order valence-electron chi connectivity index (χ4n) is 3.38. The van der Waals surface area contributed by atoms with E-state index >= 15 is 0 Å². The Morgan fingerprint density at radius 1 is 1.31 bits per heavy atom. The Labute approximate surface area is 170 Å². The van der Waals surface area contributed by atoms with E-state index in [2.05, 4.69) is 15.3 Å². The van der Waals surface area contributed by atoms with Crippen LogP contribution in [0.3, 0.4) is 0 Å². The minimum absolute atomic E-state index is 0.0275. The van der Waals surface area contributed by atoms with Crippen LogP contribution < -0.4 is 10.1 Å². The van der Waals surface area contributed by atoms with Crippen molar-refractivity contribution >= 4 is 11.8 Å². The minimum atomic E-state index is -0.222. The molecule has 0 radical (unpaired) electrons. The predicted molar refractivity (Wildman–Crippen MR) is 107 cm³/mol. The van der Waals surface area contributed by atoms with E-state index in [0.29, 0.717) is 36.7 Å². The number of rotatable bonds is 7. The second-order valence-corrected chi connectivity index (χ2v) is 7.02. The van der Waals surface area contributed by atoms with Crippen molar-refractivity contribution in [2.45, 2.75) is 25.8 Å². The van der Waals surface area contributed by atoms with Gasteiger partial charge in [-0.05, 0) is 31.0 Å². The third-order valence-electron chi connectivity index (χ3n) is 5.00. The number of carbonyl (C=O) groups excluding carboxylic acids is 2. The molecule has 1 atom stereocenters. The van der Waals surface area contributed by atoms with Gasteiger partial charge >= 0.3 is 0 Å². The van der Waals surface area contributed by atoms with Crippen molar-refractivity contribution in [2.75, 3.05) is 33.9 Å². The van der Waals surface area contributed by atoms with Crippen LogP contribution in [0.5, 0.6) is 5.75 Å². The highest BCUT2D eigenvalue weighted by Gasteiger charge is 2.29. The van der Waals surface area contributed by atoms with Crippen molar-refractivity contribution in [3.05, 3.63) is 53.1 Å². The number of aromatic nitrogens is 2. The van der Waals surface area contributed by atoms with Gasteiger partial charge in [-0.25, -0.2) is 9.97 Å². The summed E-state index contributed by atoms with van der Waals surface area (Å²) in [5.41, 5.74) is 2.02. The second kappa shape index (κ2) is 9.47. The van der Waals surface area contributed by atoms with Gasteiger partial charge in [-0.3, -0.25) is 9.59 Å². The summed E-state index contributed by atoms with van der Waals surface area (Å²) < 4.78 is 10.1. The van der Waals surface area contributed by atoms with Crippen LogP contribution in [0.4, 0.5) is 0 Å². The van der Waals surface area contributed by atoms with Crippen LogP contribution in [-0.4, -0.2) is 60.6 Å². The fraction of sp³-hybridized carbons (Fsp3) is 0.429. The summed E-state index contributed by atoms with van der Waals surface area (Å²) in [4.78, 5) is 35.2. The van der Waals surface area contributed by atoms with E-state index in [-0.39, 0.29) is 24.3 Å². The Hall–Kier alpha value is -3.00. The molecule has 3 rings (SSSR count). The lowest BCUT2D eigenvalue weighted by Crippen LogP contribution is -2.31. The summed E-state index contributed by atoms with van der Waals surface area (Å²) in [6.07, 6.45) is 2.37. The number of nitrogens with one attached hydrogen (secondary N) is 1. The smallest absolute Gasteiger partial charge is 0.254 e. The molecule has 1 N–H and O–H groups in total. The third kappa shape index (κ3) is 5.08. The van der Waals surface area contributed by atoms with Crippen LogP contribution in [0.25, 0.3) is 0 Å². The van der Waals surface area contributed by atoms with Gasteiger partial charge in [0.25, 0.3) is 5.91 Å². The fourth-order valence-corrected chi connectivity index (χ4v) is 3.38. The largest absolute Gasteiger partial charge is 0.497 e. The van der Waals surface area contributed by atoms with Gasteiger partial charge in [0, 0.05) is 38.9 Å². The molecular weight excluding hydrogens is 372 g/mol. The SMILES string of the molecule is COCC(=O)N1CC[C@H](c2ncc(C(=O)NCc3cccc(OC)c3)c(C)n2)C1. The molecule has 2 aromatic rings. The lowest BCUT2D eigenvalue weighted by Gasteiger charge is -2.16. The van der Waals surface area contributed by atoms with Gasteiger partial charge in [-0.2, -0.15) is 0 Å². The van der Waals surface area contributed by atoms with Crippen molar-refractivity contribution in [2.24, 2.45) is 0 Å². The molecule has 8 nitrogen and oxygen atoms in total. The van der Waals surface area contributed by atoms with Crippen LogP contribution in [0.1, 0.15) is 39.8 Å². The topological polar surface area (TPSA) is 93.7 Å². The molecule has 1 aromatic carbocycles. The molecule has 0 unspecified atom stereocenters. The summed E-state index contributed by atoms with van der Waals surface area (Å²) in [7, 11) is 3.12. The first-order valence-corrected chi connectivity index (χ1v) is 9.53. The number of hydrogen-bond donors (Lipinski definition) is 1. The van der Waals surface area contributed by atoms with Crippen molar-refractivity contribution < 1.29 is 19.1 Å². The number of nitrogens with zero attached hydrogens (tertiary/aromatic N) is 3. The Morgan fingerprint density at radius 3 is 2.86 bits per heavy atom. The Morgan fingerprint density at radius 2 is 2.14 bits per heavy atom. The molecule has 29 heavy (non-hydrogen) atoms. The highest BCUT2D eigenvalue weighted by atomic mass is 16.5. The molecule has 1 aliphatic rings. The molecule has 1 aromatic heterocycles. The molecular formula is C21H26N4O4. The number of hydrogen-bond acceptors (Lipinski definition) is 6. The highest BCUT2D eigenvalue weighted by molar-refractivity contribution is 5.94. The normalized spacial score (nSPS) is 16.0. The maximum atomic E-state index is 12.6. The second-order valence-electron chi connectivity index (χ2n) is 7.02. The number of benzene rings is 1. The monoisotopic (exact) mass is 398 g/mol. The van der Waals surface area contributed by atoms with E-state index in [1.165, 1.54) is 7.11 Å². The number of amides is 2. The molecule has 8 heteroatoms. The van der Waals surface area contributed by atoms with Crippen molar-refractivity contribution in [1.29, 1.82) is 0 Å². The maximum absolute atomic E-state index is 12.6. The molecule has 1 fully saturated rings. The first-order chi connectivity index (χ1) is 14.0. The van der Waals surface area contributed by atoms with E-state index < -0.39 is 0 Å².